The second-order valence-corrected chi connectivity index (χ2v) is 31.1. The first-order valence-corrected chi connectivity index (χ1v) is 41.1. The Morgan fingerprint density at radius 2 is 0.976 bits per heavy atom. The molecule has 2 fully saturated rings. The van der Waals surface area contributed by atoms with E-state index in [9.17, 15) is 107 Å². The number of hydrogen-bond donors (Lipinski definition) is 24. The molecule has 46 heteroatoms. The van der Waals surface area contributed by atoms with Crippen molar-refractivity contribution in [3.63, 3.8) is 0 Å². The molecule has 2 aliphatic heterocycles. The van der Waals surface area contributed by atoms with Gasteiger partial charge in [-0.3, -0.25) is 86.9 Å². The molecule has 0 aliphatic carbocycles. The van der Waals surface area contributed by atoms with E-state index >= 15 is 0 Å². The molecule has 123 heavy (non-hydrogen) atoms. The molecule has 2 aromatic heterocycles. The minimum Gasteiger partial charge on any atom is -0.481 e. The maximum Gasteiger partial charge on any atom is 0.326 e. The van der Waals surface area contributed by atoms with Crippen molar-refractivity contribution in [3.8, 4) is 0 Å². The second-order valence-electron chi connectivity index (χ2n) is 30.1. The van der Waals surface area contributed by atoms with E-state index < -0.39 is 236 Å². The Kier molecular flexibility index (Phi) is 39.1. The number of aliphatic hydroxyl groups is 2. The van der Waals surface area contributed by atoms with Gasteiger partial charge < -0.3 is 132 Å². The minimum absolute atomic E-state index is 0.0174. The molecule has 28 N–H and O–H groups in total. The highest BCUT2D eigenvalue weighted by Gasteiger charge is 2.45. The number of carbonyl (C=O) groups excluding carboxylic acids is 16. The Bertz CT molecular complexity index is 4420. The SMILES string of the molecule is CSCC[C@H](NC(=O)[C@H](C)NC(=O)[C@H](CCCNC(=N)N)NC(=O)[C@H](Cc1c[nH]c2ccccc12)NC(=O)[C@H](CC(N)=O)NC(=O)[C@H](CO)NC(=O)[C@@H](N)Cc1cnc[nH]1)C(=O)N[C@@H](C)C(=O)N[C@@H](CO)C(=O)N[C@@H](CC(=O)O)C(=O)N[C@@H](Cc1ccccc1)C(=O)N[C@@H](CC(N)=O)C(=O)N[C@@H](CC(C)C)C(=O)N1CCC[C@H]1C(=O)N1CCC[C@H]1C(=O)O. The topological polar surface area (TPSA) is 723 Å². The van der Waals surface area contributed by atoms with Gasteiger partial charge in [0.25, 0.3) is 0 Å². The lowest BCUT2D eigenvalue weighted by molar-refractivity contribution is -0.152. The Hall–Kier alpha value is -12.8. The summed E-state index contributed by atoms with van der Waals surface area (Å²) in [6, 6.07) is -9.13. The fourth-order valence-corrected chi connectivity index (χ4v) is 14.1. The molecule has 15 atom stereocenters. The first kappa shape index (κ1) is 99.0. The number of likely N-dealkylation sites (tertiary alicyclic amines) is 2. The number of carboxylic acid groups (broad SMARTS) is 2. The fourth-order valence-electron chi connectivity index (χ4n) is 13.6. The van der Waals surface area contributed by atoms with Gasteiger partial charge in [-0.05, 0) is 100 Å². The third-order valence-corrected chi connectivity index (χ3v) is 20.7. The number of guanidine groups is 1. The number of hydrogen-bond acceptors (Lipinski definition) is 24. The number of fused-ring (bicyclic) bond motifs is 1. The van der Waals surface area contributed by atoms with Crippen LogP contribution in [0.2, 0.25) is 0 Å². The van der Waals surface area contributed by atoms with Crippen LogP contribution < -0.4 is 92.1 Å². The zero-order chi connectivity index (χ0) is 90.9. The van der Waals surface area contributed by atoms with Gasteiger partial charge >= 0.3 is 11.9 Å². The van der Waals surface area contributed by atoms with Gasteiger partial charge in [0.05, 0.1) is 44.8 Å². The van der Waals surface area contributed by atoms with Crippen LogP contribution in [-0.2, 0) is 106 Å². The number of aliphatic hydroxyl groups excluding tert-OH is 2. The number of nitrogens with two attached hydrogens (primary N) is 4. The Labute approximate surface area is 710 Å². The third-order valence-electron chi connectivity index (χ3n) is 20.0. The Morgan fingerprint density at radius 3 is 1.49 bits per heavy atom. The number of imidazole rings is 1. The van der Waals surface area contributed by atoms with E-state index in [1.807, 2.05) is 0 Å². The Balaban J connectivity index is 1.13. The molecule has 0 unspecified atom stereocenters. The molecule has 0 bridgehead atoms. The summed E-state index contributed by atoms with van der Waals surface area (Å²) in [5.41, 5.74) is 24.5. The van der Waals surface area contributed by atoms with Crippen molar-refractivity contribution in [2.45, 2.75) is 208 Å². The van der Waals surface area contributed by atoms with Crippen molar-refractivity contribution in [1.29, 1.82) is 5.41 Å². The molecule has 2 aliphatic rings. The maximum absolute atomic E-state index is 14.7. The van der Waals surface area contributed by atoms with Crippen LogP contribution in [0.4, 0.5) is 0 Å². The Morgan fingerprint density at radius 1 is 0.520 bits per heavy atom. The summed E-state index contributed by atoms with van der Waals surface area (Å²) >= 11 is 1.24. The van der Waals surface area contributed by atoms with Crippen molar-refractivity contribution < 1.29 is 107 Å². The third kappa shape index (κ3) is 31.0. The lowest BCUT2D eigenvalue weighted by atomic mass is 10.0. The molecular weight excluding hydrogens is 1630 g/mol. The molecule has 0 spiro atoms. The monoisotopic (exact) mass is 1740 g/mol. The molecule has 16 amide bonds. The average Bonchev–Trinajstić information content (AvgIpc) is 1.64. The molecule has 2 saturated heterocycles. The summed E-state index contributed by atoms with van der Waals surface area (Å²) in [4.78, 5) is 259. The van der Waals surface area contributed by atoms with Crippen molar-refractivity contribution in [2.24, 2.45) is 28.9 Å². The smallest absolute Gasteiger partial charge is 0.326 e. The molecule has 0 saturated carbocycles. The highest BCUT2D eigenvalue weighted by atomic mass is 32.2. The van der Waals surface area contributed by atoms with Crippen molar-refractivity contribution >= 4 is 135 Å². The lowest BCUT2D eigenvalue weighted by Gasteiger charge is -2.33. The molecule has 6 rings (SSSR count). The average molecular weight is 1740 g/mol. The summed E-state index contributed by atoms with van der Waals surface area (Å²) in [7, 11) is 0. The molecule has 45 nitrogen and oxygen atoms in total. The van der Waals surface area contributed by atoms with Crippen LogP contribution in [0.3, 0.4) is 0 Å². The van der Waals surface area contributed by atoms with Crippen molar-refractivity contribution in [3.05, 3.63) is 90.1 Å². The predicted octanol–water partition coefficient (Wildman–Crippen LogP) is -7.56. The quantitative estimate of drug-likeness (QED) is 0.0111. The van der Waals surface area contributed by atoms with E-state index in [-0.39, 0.29) is 89.1 Å². The van der Waals surface area contributed by atoms with E-state index in [1.165, 1.54) is 41.0 Å². The number of H-pyrrole nitrogens is 2. The summed E-state index contributed by atoms with van der Waals surface area (Å²) in [6.45, 7) is 3.83. The number of rotatable bonds is 50. The summed E-state index contributed by atoms with van der Waals surface area (Å²) in [5, 5.41) is 80.1. The maximum atomic E-state index is 14.7. The molecule has 672 valence electrons. The number of aliphatic carboxylic acids is 2. The van der Waals surface area contributed by atoms with Gasteiger partial charge in [0.1, 0.15) is 84.6 Å². The lowest BCUT2D eigenvalue weighted by Crippen LogP contribution is -2.61. The number of para-hydroxylation sites is 1. The van der Waals surface area contributed by atoms with E-state index in [0.29, 0.717) is 40.6 Å². The largest absolute Gasteiger partial charge is 0.481 e. The number of aromatic nitrogens is 3. The number of benzene rings is 2. The van der Waals surface area contributed by atoms with Crippen LogP contribution in [0.1, 0.15) is 115 Å². The van der Waals surface area contributed by atoms with Crippen LogP contribution in [0.25, 0.3) is 10.9 Å². The number of amides is 16. The van der Waals surface area contributed by atoms with Crippen LogP contribution in [-0.4, -0.2) is 293 Å². The number of thioether (sulfide) groups is 1. The zero-order valence-corrected chi connectivity index (χ0v) is 69.3. The summed E-state index contributed by atoms with van der Waals surface area (Å²) in [5.74, 6) is -20.3. The van der Waals surface area contributed by atoms with Crippen LogP contribution in [0.5, 0.6) is 0 Å². The number of nitrogens with one attached hydrogen (secondary N) is 16. The van der Waals surface area contributed by atoms with E-state index in [2.05, 4.69) is 84.1 Å². The molecule has 4 aromatic rings. The zero-order valence-electron chi connectivity index (χ0n) is 68.5. The molecular formula is C77H111N23O22S. The number of nitrogens with zero attached hydrogens (tertiary/aromatic N) is 3. The van der Waals surface area contributed by atoms with Gasteiger partial charge in [0, 0.05) is 67.9 Å². The first-order chi connectivity index (χ1) is 58.3. The van der Waals surface area contributed by atoms with Crippen LogP contribution in [0, 0.1) is 11.3 Å². The predicted molar refractivity (Wildman–Crippen MR) is 440 cm³/mol. The van der Waals surface area contributed by atoms with Crippen LogP contribution >= 0.6 is 11.8 Å². The molecule has 0 radical (unpaired) electrons. The number of carboxylic acids is 2. The van der Waals surface area contributed by atoms with Gasteiger partial charge in [-0.25, -0.2) is 9.78 Å². The van der Waals surface area contributed by atoms with Gasteiger partial charge in [0.15, 0.2) is 5.96 Å². The highest BCUT2D eigenvalue weighted by molar-refractivity contribution is 7.98. The number of carbonyl (C=O) groups is 18. The van der Waals surface area contributed by atoms with Crippen LogP contribution in [0.15, 0.2) is 73.3 Å². The van der Waals surface area contributed by atoms with Gasteiger partial charge in [-0.15, -0.1) is 0 Å². The summed E-state index contributed by atoms with van der Waals surface area (Å²) < 4.78 is 0. The molecule has 2 aromatic carbocycles. The minimum atomic E-state index is -2.09. The molecule has 4 heterocycles. The van der Waals surface area contributed by atoms with Crippen molar-refractivity contribution in [1.82, 2.24) is 93.9 Å². The van der Waals surface area contributed by atoms with E-state index in [0.717, 1.165) is 6.92 Å². The number of aromatic amines is 2. The van der Waals surface area contributed by atoms with E-state index in [1.54, 1.807) is 80.9 Å². The summed E-state index contributed by atoms with van der Waals surface area (Å²) in [6.07, 6.45) is 3.16. The first-order valence-electron chi connectivity index (χ1n) is 39.7. The standard InChI is InChI=1S/C77H111N23O22S/c1-38(2)26-54(74(119)99-23-12-19-57(99)75(120)100-24-13-20-58(100)76(121)122)96-70(115)52(31-60(80)104)93-67(112)49(27-41-14-7-6-8-15-41)91-71(116)53(32-61(105)106)95-72(117)55(35-101)97-63(108)40(4)88-66(111)48(21-25-123-5)89-62(107)39(3)87-65(110)47(18-11-22-84-77(81)82)90-68(113)50(28-42-33-85-46-17-10-9-16-44(42)46)92-69(114)51(30-59(79)103)94-73(118)56(36-102)98-64(109)45(78)29-43-34-83-37-86-43/h6-10,14-17,33-34,37-40,45,47-58,85,101-102H,11-13,18-32,35-36,78H2,1-5H3,(H2,79,103)(H2,80,104)(H,83,86)(H,87,110)(H,88,111)(H,89,107)(H,90,113)(H,91,116)(H,92,114)(H,93,112)(H,94,118)(H,95,117)(H,96,115)(H,97,108)(H,98,109)(H,105,106)(H,121,122)(H4,81,82,84)/t39-,40-,45-,47-,48-,49-,50-,51-,52-,53-,54-,55-,56-,57-,58-/m0/s1. The van der Waals surface area contributed by atoms with Gasteiger partial charge in [0.2, 0.25) is 94.5 Å². The van der Waals surface area contributed by atoms with Gasteiger partial charge in [-0.1, -0.05) is 62.4 Å². The highest BCUT2D eigenvalue weighted by Crippen LogP contribution is 2.27. The second kappa shape index (κ2) is 48.6. The number of primary amides is 2. The van der Waals surface area contributed by atoms with Crippen molar-refractivity contribution in [2.75, 3.05) is 44.9 Å². The van der Waals surface area contributed by atoms with Gasteiger partial charge in [-0.2, -0.15) is 11.8 Å². The normalized spacial score (nSPS) is 16.8. The van der Waals surface area contributed by atoms with E-state index in [4.69, 9.17) is 28.3 Å². The fraction of sp³-hybridized carbons (Fsp3) is 0.532.